The molecule has 1 saturated heterocycles. The molecule has 0 radical (unpaired) electrons. The van der Waals surface area contributed by atoms with E-state index < -0.39 is 10.7 Å². The van der Waals surface area contributed by atoms with Crippen molar-refractivity contribution in [2.24, 2.45) is 0 Å². The standard InChI is InChI=1S/C12H15FN2O3/c1-8-2-4-10(18-8)7-14-11-6-9(13)3-5-12(11)15(16)17/h3,5-6,8,10,14H,2,4,7H2,1H3. The molecule has 2 unspecified atom stereocenters. The molecule has 1 aromatic carbocycles. The van der Waals surface area contributed by atoms with Crippen molar-refractivity contribution in [2.45, 2.75) is 32.0 Å². The van der Waals surface area contributed by atoms with Crippen LogP contribution in [0.4, 0.5) is 15.8 Å². The molecule has 1 heterocycles. The summed E-state index contributed by atoms with van der Waals surface area (Å²) in [6.45, 7) is 2.44. The van der Waals surface area contributed by atoms with E-state index in [4.69, 9.17) is 4.74 Å². The van der Waals surface area contributed by atoms with E-state index in [2.05, 4.69) is 5.32 Å². The number of ether oxygens (including phenoxy) is 1. The van der Waals surface area contributed by atoms with Crippen LogP contribution in [0.2, 0.25) is 0 Å². The van der Waals surface area contributed by atoms with Gasteiger partial charge in [-0.25, -0.2) is 4.39 Å². The quantitative estimate of drug-likeness (QED) is 0.662. The van der Waals surface area contributed by atoms with Crippen molar-refractivity contribution < 1.29 is 14.1 Å². The second-order valence-electron chi connectivity index (χ2n) is 4.45. The molecule has 1 fully saturated rings. The Labute approximate surface area is 104 Å². The largest absolute Gasteiger partial charge is 0.377 e. The third-order valence-corrected chi connectivity index (χ3v) is 3.00. The molecular formula is C12H15FN2O3. The molecule has 2 atom stereocenters. The van der Waals surface area contributed by atoms with Crippen LogP contribution in [0.15, 0.2) is 18.2 Å². The van der Waals surface area contributed by atoms with E-state index in [1.54, 1.807) is 0 Å². The third-order valence-electron chi connectivity index (χ3n) is 3.00. The highest BCUT2D eigenvalue weighted by atomic mass is 19.1. The van der Waals surface area contributed by atoms with Gasteiger partial charge in [-0.2, -0.15) is 0 Å². The van der Waals surface area contributed by atoms with Gasteiger partial charge in [-0.3, -0.25) is 10.1 Å². The Hall–Kier alpha value is -1.69. The van der Waals surface area contributed by atoms with Crippen LogP contribution in [0.3, 0.4) is 0 Å². The van der Waals surface area contributed by atoms with Crippen molar-refractivity contribution >= 4 is 11.4 Å². The van der Waals surface area contributed by atoms with E-state index in [0.717, 1.165) is 31.0 Å². The number of nitrogens with one attached hydrogen (secondary N) is 1. The average molecular weight is 254 g/mol. The first-order chi connectivity index (χ1) is 8.56. The van der Waals surface area contributed by atoms with E-state index in [-0.39, 0.29) is 23.6 Å². The maximum Gasteiger partial charge on any atom is 0.292 e. The molecule has 0 saturated carbocycles. The molecule has 2 rings (SSSR count). The lowest BCUT2D eigenvalue weighted by molar-refractivity contribution is -0.384. The zero-order valence-electron chi connectivity index (χ0n) is 10.1. The summed E-state index contributed by atoms with van der Waals surface area (Å²) in [5.74, 6) is -0.496. The van der Waals surface area contributed by atoms with E-state index in [0.29, 0.717) is 6.54 Å². The minimum atomic E-state index is -0.528. The van der Waals surface area contributed by atoms with Crippen molar-refractivity contribution in [3.05, 3.63) is 34.1 Å². The molecule has 0 aliphatic carbocycles. The van der Waals surface area contributed by atoms with Gasteiger partial charge in [0.25, 0.3) is 5.69 Å². The minimum absolute atomic E-state index is 0.0304. The maximum absolute atomic E-state index is 13.1. The summed E-state index contributed by atoms with van der Waals surface area (Å²) in [7, 11) is 0. The molecule has 0 spiro atoms. The molecule has 98 valence electrons. The second kappa shape index (κ2) is 5.30. The fourth-order valence-electron chi connectivity index (χ4n) is 2.07. The van der Waals surface area contributed by atoms with Crippen LogP contribution in [-0.2, 0) is 4.74 Å². The molecule has 5 nitrogen and oxygen atoms in total. The van der Waals surface area contributed by atoms with Crippen LogP contribution in [0.25, 0.3) is 0 Å². The lowest BCUT2D eigenvalue weighted by Crippen LogP contribution is -2.20. The summed E-state index contributed by atoms with van der Waals surface area (Å²) >= 11 is 0. The van der Waals surface area contributed by atoms with Gasteiger partial charge in [-0.15, -0.1) is 0 Å². The van der Waals surface area contributed by atoms with Gasteiger partial charge in [-0.1, -0.05) is 0 Å². The zero-order valence-corrected chi connectivity index (χ0v) is 10.1. The number of rotatable bonds is 4. The Morgan fingerprint density at radius 1 is 1.56 bits per heavy atom. The van der Waals surface area contributed by atoms with Crippen molar-refractivity contribution in [3.8, 4) is 0 Å². The fourth-order valence-corrected chi connectivity index (χ4v) is 2.07. The number of nitro groups is 1. The number of benzene rings is 1. The van der Waals surface area contributed by atoms with Crippen LogP contribution in [0, 0.1) is 15.9 Å². The van der Waals surface area contributed by atoms with E-state index in [1.807, 2.05) is 6.92 Å². The number of halogens is 1. The van der Waals surface area contributed by atoms with Gasteiger partial charge in [0.15, 0.2) is 0 Å². The number of nitrogens with zero attached hydrogens (tertiary/aromatic N) is 1. The van der Waals surface area contributed by atoms with Crippen molar-refractivity contribution in [2.75, 3.05) is 11.9 Å². The Morgan fingerprint density at radius 2 is 2.33 bits per heavy atom. The minimum Gasteiger partial charge on any atom is -0.377 e. The van der Waals surface area contributed by atoms with Crippen LogP contribution in [0.5, 0.6) is 0 Å². The van der Waals surface area contributed by atoms with E-state index in [9.17, 15) is 14.5 Å². The van der Waals surface area contributed by atoms with Crippen LogP contribution >= 0.6 is 0 Å². The number of hydrogen-bond donors (Lipinski definition) is 1. The summed E-state index contributed by atoms with van der Waals surface area (Å²) in [5.41, 5.74) is 0.0746. The fraction of sp³-hybridized carbons (Fsp3) is 0.500. The predicted octanol–water partition coefficient (Wildman–Crippen LogP) is 2.71. The van der Waals surface area contributed by atoms with Gasteiger partial charge >= 0.3 is 0 Å². The molecule has 1 aliphatic rings. The van der Waals surface area contributed by atoms with E-state index in [1.165, 1.54) is 0 Å². The van der Waals surface area contributed by atoms with Crippen LogP contribution < -0.4 is 5.32 Å². The maximum atomic E-state index is 13.1. The molecule has 0 aromatic heterocycles. The summed E-state index contributed by atoms with van der Waals surface area (Å²) in [5, 5.41) is 13.7. The highest BCUT2D eigenvalue weighted by molar-refractivity contribution is 5.61. The topological polar surface area (TPSA) is 64.4 Å². The van der Waals surface area contributed by atoms with Crippen molar-refractivity contribution in [1.82, 2.24) is 0 Å². The molecule has 6 heteroatoms. The smallest absolute Gasteiger partial charge is 0.292 e. The average Bonchev–Trinajstić information content (AvgIpc) is 2.72. The van der Waals surface area contributed by atoms with Crippen molar-refractivity contribution in [1.29, 1.82) is 0 Å². The molecule has 1 aliphatic heterocycles. The summed E-state index contributed by atoms with van der Waals surface area (Å²) in [6.07, 6.45) is 2.15. The Bertz CT molecular complexity index is 453. The first-order valence-electron chi connectivity index (χ1n) is 5.89. The Morgan fingerprint density at radius 3 is 2.94 bits per heavy atom. The van der Waals surface area contributed by atoms with Crippen LogP contribution in [0.1, 0.15) is 19.8 Å². The van der Waals surface area contributed by atoms with Gasteiger partial charge in [0.05, 0.1) is 17.1 Å². The first kappa shape index (κ1) is 12.8. The van der Waals surface area contributed by atoms with Gasteiger partial charge in [0.2, 0.25) is 0 Å². The molecule has 18 heavy (non-hydrogen) atoms. The predicted molar refractivity (Wildman–Crippen MR) is 65.1 cm³/mol. The van der Waals surface area contributed by atoms with Gasteiger partial charge in [-0.05, 0) is 25.8 Å². The summed E-state index contributed by atoms with van der Waals surface area (Å²) < 4.78 is 18.7. The summed E-state index contributed by atoms with van der Waals surface area (Å²) in [4.78, 5) is 10.3. The van der Waals surface area contributed by atoms with Crippen molar-refractivity contribution in [3.63, 3.8) is 0 Å². The normalized spacial score (nSPS) is 23.0. The monoisotopic (exact) mass is 254 g/mol. The third kappa shape index (κ3) is 2.95. The Kier molecular flexibility index (Phi) is 3.76. The Balaban J connectivity index is 2.04. The molecule has 0 bridgehead atoms. The van der Waals surface area contributed by atoms with E-state index >= 15 is 0 Å². The SMILES string of the molecule is CC1CCC(CNc2cc(F)ccc2[N+](=O)[O-])O1. The lowest BCUT2D eigenvalue weighted by Gasteiger charge is -2.13. The van der Waals surface area contributed by atoms with Crippen LogP contribution in [-0.4, -0.2) is 23.7 Å². The summed E-state index contributed by atoms with van der Waals surface area (Å²) in [6, 6.07) is 3.38. The van der Waals surface area contributed by atoms with Gasteiger partial charge in [0, 0.05) is 18.7 Å². The first-order valence-corrected chi connectivity index (χ1v) is 5.89. The zero-order chi connectivity index (χ0) is 13.1. The highest BCUT2D eigenvalue weighted by Crippen LogP contribution is 2.26. The number of nitro benzene ring substituents is 1. The van der Waals surface area contributed by atoms with Gasteiger partial charge in [0.1, 0.15) is 11.5 Å². The molecule has 0 amide bonds. The number of anilines is 1. The van der Waals surface area contributed by atoms with Gasteiger partial charge < -0.3 is 10.1 Å². The highest BCUT2D eigenvalue weighted by Gasteiger charge is 2.22. The molecule has 1 N–H and O–H groups in total. The number of hydrogen-bond acceptors (Lipinski definition) is 4. The lowest BCUT2D eigenvalue weighted by atomic mass is 10.2. The molecular weight excluding hydrogens is 239 g/mol. The molecule has 1 aromatic rings. The second-order valence-corrected chi connectivity index (χ2v) is 4.45.